The minimum Gasteiger partial charge on any atom is -0.481 e. The van der Waals surface area contributed by atoms with Gasteiger partial charge in [0.05, 0.1) is 12.0 Å². The summed E-state index contributed by atoms with van der Waals surface area (Å²) in [7, 11) is 0. The number of carboxylic acids is 1. The normalized spacial score (nSPS) is 22.4. The van der Waals surface area contributed by atoms with Crippen LogP contribution in [-0.2, 0) is 11.2 Å². The smallest absolute Gasteiger partial charge is 0.308 e. The van der Waals surface area contributed by atoms with Gasteiger partial charge in [0.2, 0.25) is 0 Å². The first-order chi connectivity index (χ1) is 9.88. The number of hydrogen-bond donors (Lipinski definition) is 3. The summed E-state index contributed by atoms with van der Waals surface area (Å²) in [6, 6.07) is 0. The molecule has 0 spiro atoms. The number of aromatic amines is 1. The molecular weight excluding hydrogens is 270 g/mol. The quantitative estimate of drug-likeness (QED) is 0.785. The van der Waals surface area contributed by atoms with Crippen molar-refractivity contribution >= 4 is 11.8 Å². The van der Waals surface area contributed by atoms with Gasteiger partial charge in [-0.15, -0.1) is 0 Å². The molecule has 6 nitrogen and oxygen atoms in total. The maximum Gasteiger partial charge on any atom is 0.308 e. The molecule has 1 saturated carbocycles. The van der Waals surface area contributed by atoms with Crippen LogP contribution in [0.4, 0.5) is 5.82 Å². The van der Waals surface area contributed by atoms with Crippen molar-refractivity contribution < 1.29 is 9.90 Å². The fourth-order valence-electron chi connectivity index (χ4n) is 3.11. The van der Waals surface area contributed by atoms with Crippen molar-refractivity contribution in [2.24, 2.45) is 11.8 Å². The molecule has 0 aromatic carbocycles. The number of hydrogen-bond acceptors (Lipinski definition) is 4. The van der Waals surface area contributed by atoms with Crippen LogP contribution in [0, 0.1) is 11.8 Å². The number of nitrogens with two attached hydrogens (primary N) is 1. The lowest BCUT2D eigenvalue weighted by atomic mass is 9.77. The van der Waals surface area contributed by atoms with Crippen LogP contribution in [0.2, 0.25) is 0 Å². The van der Waals surface area contributed by atoms with Crippen molar-refractivity contribution in [3.63, 3.8) is 0 Å². The van der Waals surface area contributed by atoms with E-state index in [1.54, 1.807) is 0 Å². The second-order valence-electron chi connectivity index (χ2n) is 6.24. The van der Waals surface area contributed by atoms with Gasteiger partial charge in [0, 0.05) is 5.92 Å². The molecule has 1 heterocycles. The predicted octanol–water partition coefficient (Wildman–Crippen LogP) is 1.91. The Balaban J connectivity index is 2.15. The van der Waals surface area contributed by atoms with Gasteiger partial charge in [-0.3, -0.25) is 9.59 Å². The van der Waals surface area contributed by atoms with Crippen LogP contribution in [0.5, 0.6) is 0 Å². The van der Waals surface area contributed by atoms with E-state index < -0.39 is 17.9 Å². The number of aromatic nitrogens is 2. The highest BCUT2D eigenvalue weighted by Gasteiger charge is 2.26. The summed E-state index contributed by atoms with van der Waals surface area (Å²) in [5.74, 6) is 1.20. The Morgan fingerprint density at radius 3 is 2.48 bits per heavy atom. The lowest BCUT2D eigenvalue weighted by molar-refractivity contribution is -0.136. The van der Waals surface area contributed by atoms with Crippen LogP contribution < -0.4 is 11.3 Å². The van der Waals surface area contributed by atoms with E-state index in [0.717, 1.165) is 31.6 Å². The molecule has 1 aromatic rings. The van der Waals surface area contributed by atoms with E-state index in [-0.39, 0.29) is 17.3 Å². The number of nitrogens with one attached hydrogen (secondary N) is 1. The molecule has 0 aliphatic heterocycles. The van der Waals surface area contributed by atoms with Gasteiger partial charge in [-0.1, -0.05) is 13.8 Å². The summed E-state index contributed by atoms with van der Waals surface area (Å²) < 4.78 is 0. The number of carbonyl (C=O) groups is 1. The van der Waals surface area contributed by atoms with Crippen molar-refractivity contribution in [1.29, 1.82) is 0 Å². The summed E-state index contributed by atoms with van der Waals surface area (Å²) in [4.78, 5) is 29.7. The molecule has 6 heteroatoms. The van der Waals surface area contributed by atoms with Crippen molar-refractivity contribution in [3.8, 4) is 0 Å². The Kier molecular flexibility index (Phi) is 4.65. The Morgan fingerprint density at radius 1 is 1.38 bits per heavy atom. The van der Waals surface area contributed by atoms with Gasteiger partial charge < -0.3 is 15.8 Å². The molecule has 1 aliphatic rings. The lowest BCUT2D eigenvalue weighted by Crippen LogP contribution is -2.25. The zero-order valence-electron chi connectivity index (χ0n) is 12.6. The van der Waals surface area contributed by atoms with Crippen LogP contribution in [0.15, 0.2) is 4.79 Å². The third-order valence-electron chi connectivity index (χ3n) is 4.50. The van der Waals surface area contributed by atoms with E-state index in [1.807, 2.05) is 0 Å². The molecule has 0 bridgehead atoms. The van der Waals surface area contributed by atoms with Crippen molar-refractivity contribution in [3.05, 3.63) is 21.7 Å². The van der Waals surface area contributed by atoms with E-state index in [9.17, 15) is 9.59 Å². The van der Waals surface area contributed by atoms with Crippen molar-refractivity contribution in [1.82, 2.24) is 9.97 Å². The molecule has 0 radical (unpaired) electrons. The average molecular weight is 293 g/mol. The minimum absolute atomic E-state index is 0.0436. The Morgan fingerprint density at radius 2 is 2.00 bits per heavy atom. The molecule has 0 unspecified atom stereocenters. The van der Waals surface area contributed by atoms with Gasteiger partial charge in [0.25, 0.3) is 5.56 Å². The predicted molar refractivity (Wildman–Crippen MR) is 80.1 cm³/mol. The standard InChI is InChI=1S/C15H23N3O3/c1-8(2)9-3-5-10(6-4-9)14-17-13(16)11(7-12(19)20)15(21)18-14/h8-10H,3-7H2,1-2H3,(H,19,20)(H3,16,17,18,21). The third-order valence-corrected chi connectivity index (χ3v) is 4.50. The maximum atomic E-state index is 12.0. The summed E-state index contributed by atoms with van der Waals surface area (Å²) in [6.07, 6.45) is 3.84. The van der Waals surface area contributed by atoms with Crippen LogP contribution in [0.3, 0.4) is 0 Å². The zero-order valence-corrected chi connectivity index (χ0v) is 12.6. The first kappa shape index (κ1) is 15.5. The first-order valence-electron chi connectivity index (χ1n) is 7.48. The summed E-state index contributed by atoms with van der Waals surface area (Å²) in [6.45, 7) is 4.48. The van der Waals surface area contributed by atoms with E-state index in [0.29, 0.717) is 11.7 Å². The molecule has 0 saturated heterocycles. The van der Waals surface area contributed by atoms with Crippen LogP contribution in [0.25, 0.3) is 0 Å². The monoisotopic (exact) mass is 293 g/mol. The molecule has 21 heavy (non-hydrogen) atoms. The summed E-state index contributed by atoms with van der Waals surface area (Å²) in [5, 5.41) is 8.78. The molecule has 4 N–H and O–H groups in total. The SMILES string of the molecule is CC(C)C1CCC(c2nc(N)c(CC(=O)O)c(=O)[nH]2)CC1. The molecule has 0 atom stereocenters. The highest BCUT2D eigenvalue weighted by molar-refractivity contribution is 5.71. The zero-order chi connectivity index (χ0) is 15.6. The largest absolute Gasteiger partial charge is 0.481 e. The second kappa shape index (κ2) is 6.28. The second-order valence-corrected chi connectivity index (χ2v) is 6.24. The van der Waals surface area contributed by atoms with Crippen LogP contribution in [0.1, 0.15) is 56.8 Å². The number of H-pyrrole nitrogens is 1. The minimum atomic E-state index is -1.08. The summed E-state index contributed by atoms with van der Waals surface area (Å²) >= 11 is 0. The van der Waals surface area contributed by atoms with Crippen molar-refractivity contribution in [2.45, 2.75) is 51.9 Å². The van der Waals surface area contributed by atoms with Gasteiger partial charge in [-0.25, -0.2) is 4.98 Å². The fraction of sp³-hybridized carbons (Fsp3) is 0.667. The van der Waals surface area contributed by atoms with Gasteiger partial charge in [0.15, 0.2) is 0 Å². The summed E-state index contributed by atoms with van der Waals surface area (Å²) in [5.41, 5.74) is 5.38. The highest BCUT2D eigenvalue weighted by atomic mass is 16.4. The fourth-order valence-corrected chi connectivity index (χ4v) is 3.11. The van der Waals surface area contributed by atoms with Gasteiger partial charge >= 0.3 is 5.97 Å². The lowest BCUT2D eigenvalue weighted by Gasteiger charge is -2.30. The molecule has 1 fully saturated rings. The molecule has 0 amide bonds. The Hall–Kier alpha value is -1.85. The number of carboxylic acid groups (broad SMARTS) is 1. The van der Waals surface area contributed by atoms with Gasteiger partial charge in [-0.2, -0.15) is 0 Å². The van der Waals surface area contributed by atoms with Gasteiger partial charge in [0.1, 0.15) is 11.6 Å². The number of nitrogens with zero attached hydrogens (tertiary/aromatic N) is 1. The Labute approximate surface area is 123 Å². The van der Waals surface area contributed by atoms with Gasteiger partial charge in [-0.05, 0) is 37.5 Å². The van der Waals surface area contributed by atoms with E-state index in [4.69, 9.17) is 10.8 Å². The van der Waals surface area contributed by atoms with Crippen molar-refractivity contribution in [2.75, 3.05) is 5.73 Å². The van der Waals surface area contributed by atoms with Crippen LogP contribution >= 0.6 is 0 Å². The average Bonchev–Trinajstić information content (AvgIpc) is 2.42. The topological polar surface area (TPSA) is 109 Å². The molecule has 1 aliphatic carbocycles. The number of anilines is 1. The number of nitrogen functional groups attached to an aromatic ring is 1. The van der Waals surface area contributed by atoms with E-state index in [2.05, 4.69) is 23.8 Å². The number of aliphatic carboxylic acids is 1. The van der Waals surface area contributed by atoms with Crippen LogP contribution in [-0.4, -0.2) is 21.0 Å². The third kappa shape index (κ3) is 3.62. The molecule has 2 rings (SSSR count). The molecule has 1 aromatic heterocycles. The highest BCUT2D eigenvalue weighted by Crippen LogP contribution is 2.37. The molecular formula is C15H23N3O3. The van der Waals surface area contributed by atoms with E-state index >= 15 is 0 Å². The maximum absolute atomic E-state index is 12.0. The molecule has 116 valence electrons. The first-order valence-corrected chi connectivity index (χ1v) is 7.48. The number of rotatable bonds is 4. The Bertz CT molecular complexity index is 572. The van der Waals surface area contributed by atoms with E-state index in [1.165, 1.54) is 0 Å².